The minimum Gasteiger partial charge on any atom is -0.264 e. The first kappa shape index (κ1) is 15.4. The Hall–Kier alpha value is -3.15. The van der Waals surface area contributed by atoms with Crippen molar-refractivity contribution in [2.75, 3.05) is 0 Å². The van der Waals surface area contributed by atoms with Gasteiger partial charge in [0.05, 0.1) is 18.3 Å². The fraction of sp³-hybridized carbons (Fsp3) is 0.105. The molecule has 6 heteroatoms. The summed E-state index contributed by atoms with van der Waals surface area (Å²) in [5.74, 6) is -1.74. The van der Waals surface area contributed by atoms with Crippen molar-refractivity contribution in [3.63, 3.8) is 0 Å². The van der Waals surface area contributed by atoms with Gasteiger partial charge in [-0.2, -0.15) is 5.10 Å². The van der Waals surface area contributed by atoms with E-state index in [0.717, 1.165) is 28.2 Å². The zero-order chi connectivity index (χ0) is 17.4. The Balaban J connectivity index is 1.75. The summed E-state index contributed by atoms with van der Waals surface area (Å²) in [5.41, 5.74) is 4.95. The van der Waals surface area contributed by atoms with Crippen LogP contribution in [-0.2, 0) is 6.54 Å². The number of halogens is 2. The third-order valence-corrected chi connectivity index (χ3v) is 4.01. The Labute approximate surface area is 142 Å². The number of benzene rings is 1. The second-order valence-corrected chi connectivity index (χ2v) is 5.93. The summed E-state index contributed by atoms with van der Waals surface area (Å²) in [5, 5.41) is 4.38. The third kappa shape index (κ3) is 2.98. The standard InChI is InChI=1S/C19H14F2N4/c1-12-4-13(8-22-7-12)11-25-19-6-15(9-23-18(19)10-24-25)14-2-3-16(20)17(21)5-14/h2-10H,11H2,1H3. The van der Waals surface area contributed by atoms with E-state index >= 15 is 0 Å². The molecule has 0 saturated carbocycles. The molecule has 0 bridgehead atoms. The highest BCUT2D eigenvalue weighted by Gasteiger charge is 2.09. The van der Waals surface area contributed by atoms with E-state index in [1.807, 2.05) is 23.7 Å². The summed E-state index contributed by atoms with van der Waals surface area (Å²) < 4.78 is 28.5. The van der Waals surface area contributed by atoms with Gasteiger partial charge >= 0.3 is 0 Å². The van der Waals surface area contributed by atoms with Crippen molar-refractivity contribution in [3.8, 4) is 11.1 Å². The molecule has 0 aliphatic heterocycles. The molecule has 0 saturated heterocycles. The molecule has 25 heavy (non-hydrogen) atoms. The molecule has 0 unspecified atom stereocenters. The predicted molar refractivity (Wildman–Crippen MR) is 91.0 cm³/mol. The lowest BCUT2D eigenvalue weighted by molar-refractivity contribution is 0.509. The third-order valence-electron chi connectivity index (χ3n) is 4.01. The summed E-state index contributed by atoms with van der Waals surface area (Å²) in [4.78, 5) is 8.57. The van der Waals surface area contributed by atoms with Gasteiger partial charge in [-0.15, -0.1) is 0 Å². The van der Waals surface area contributed by atoms with Crippen LogP contribution in [-0.4, -0.2) is 19.7 Å². The zero-order valence-corrected chi connectivity index (χ0v) is 13.4. The highest BCUT2D eigenvalue weighted by Crippen LogP contribution is 2.24. The largest absolute Gasteiger partial charge is 0.264 e. The first-order chi connectivity index (χ1) is 12.1. The van der Waals surface area contributed by atoms with E-state index in [0.29, 0.717) is 17.7 Å². The molecule has 0 N–H and O–H groups in total. The van der Waals surface area contributed by atoms with Crippen LogP contribution in [0.15, 0.2) is 55.1 Å². The Kier molecular flexibility index (Phi) is 3.72. The number of fused-ring (bicyclic) bond motifs is 1. The molecule has 0 aliphatic carbocycles. The van der Waals surface area contributed by atoms with Crippen molar-refractivity contribution in [1.29, 1.82) is 0 Å². The van der Waals surface area contributed by atoms with E-state index in [1.165, 1.54) is 12.1 Å². The Morgan fingerprint density at radius 1 is 0.920 bits per heavy atom. The van der Waals surface area contributed by atoms with E-state index in [4.69, 9.17) is 0 Å². The van der Waals surface area contributed by atoms with Crippen LogP contribution in [0, 0.1) is 18.6 Å². The highest BCUT2D eigenvalue weighted by atomic mass is 19.2. The lowest BCUT2D eigenvalue weighted by Gasteiger charge is -2.06. The number of aryl methyl sites for hydroxylation is 1. The maximum absolute atomic E-state index is 13.5. The van der Waals surface area contributed by atoms with E-state index in [9.17, 15) is 8.78 Å². The van der Waals surface area contributed by atoms with E-state index in [-0.39, 0.29) is 0 Å². The lowest BCUT2D eigenvalue weighted by Crippen LogP contribution is -2.02. The molecular weight excluding hydrogens is 322 g/mol. The molecule has 3 heterocycles. The maximum Gasteiger partial charge on any atom is 0.159 e. The van der Waals surface area contributed by atoms with Gasteiger partial charge in [0.1, 0.15) is 5.52 Å². The topological polar surface area (TPSA) is 43.6 Å². The van der Waals surface area contributed by atoms with Gasteiger partial charge in [0.2, 0.25) is 0 Å². The molecular formula is C19H14F2N4. The maximum atomic E-state index is 13.5. The van der Waals surface area contributed by atoms with Crippen molar-refractivity contribution in [1.82, 2.24) is 19.7 Å². The SMILES string of the molecule is Cc1cncc(Cn2ncc3ncc(-c4ccc(F)c(F)c4)cc32)c1. The fourth-order valence-electron chi connectivity index (χ4n) is 2.79. The quantitative estimate of drug-likeness (QED) is 0.565. The van der Waals surface area contributed by atoms with Gasteiger partial charge in [-0.1, -0.05) is 12.1 Å². The number of nitrogens with zero attached hydrogens (tertiary/aromatic N) is 4. The summed E-state index contributed by atoms with van der Waals surface area (Å²) in [6, 6.07) is 7.75. The second-order valence-electron chi connectivity index (χ2n) is 5.93. The number of rotatable bonds is 3. The Bertz CT molecular complexity index is 1070. The first-order valence-electron chi connectivity index (χ1n) is 7.78. The van der Waals surface area contributed by atoms with Crippen molar-refractivity contribution in [2.24, 2.45) is 0 Å². The van der Waals surface area contributed by atoms with Crippen LogP contribution < -0.4 is 0 Å². The van der Waals surface area contributed by atoms with Crippen LogP contribution in [0.25, 0.3) is 22.2 Å². The summed E-state index contributed by atoms with van der Waals surface area (Å²) in [6.45, 7) is 2.54. The van der Waals surface area contributed by atoms with Crippen molar-refractivity contribution < 1.29 is 8.78 Å². The van der Waals surface area contributed by atoms with Crippen molar-refractivity contribution in [3.05, 3.63) is 77.9 Å². The molecule has 1 aromatic carbocycles. The second kappa shape index (κ2) is 6.05. The van der Waals surface area contributed by atoms with Gasteiger partial charge in [-0.25, -0.2) is 8.78 Å². The number of hydrogen-bond acceptors (Lipinski definition) is 3. The number of hydrogen-bond donors (Lipinski definition) is 0. The van der Waals surface area contributed by atoms with E-state index in [2.05, 4.69) is 15.1 Å². The average Bonchev–Trinajstić information content (AvgIpc) is 2.99. The smallest absolute Gasteiger partial charge is 0.159 e. The minimum atomic E-state index is -0.878. The molecule has 0 fully saturated rings. The van der Waals surface area contributed by atoms with Gasteiger partial charge in [0.25, 0.3) is 0 Å². The lowest BCUT2D eigenvalue weighted by atomic mass is 10.1. The zero-order valence-electron chi connectivity index (χ0n) is 13.4. The van der Waals surface area contributed by atoms with Gasteiger partial charge in [0.15, 0.2) is 11.6 Å². The molecule has 3 aromatic heterocycles. The summed E-state index contributed by atoms with van der Waals surface area (Å²) >= 11 is 0. The molecule has 124 valence electrons. The molecule has 0 aliphatic rings. The normalized spacial score (nSPS) is 11.2. The van der Waals surface area contributed by atoms with E-state index < -0.39 is 11.6 Å². The summed E-state index contributed by atoms with van der Waals surface area (Å²) in [7, 11) is 0. The van der Waals surface area contributed by atoms with Gasteiger partial charge in [-0.3, -0.25) is 14.6 Å². The number of aromatic nitrogens is 4. The Morgan fingerprint density at radius 3 is 2.60 bits per heavy atom. The number of pyridine rings is 2. The molecule has 0 atom stereocenters. The van der Waals surface area contributed by atoms with Gasteiger partial charge in [-0.05, 0) is 41.8 Å². The first-order valence-corrected chi connectivity index (χ1v) is 7.78. The molecule has 0 spiro atoms. The highest BCUT2D eigenvalue weighted by molar-refractivity contribution is 5.80. The Morgan fingerprint density at radius 2 is 1.80 bits per heavy atom. The monoisotopic (exact) mass is 336 g/mol. The van der Waals surface area contributed by atoms with Crippen molar-refractivity contribution in [2.45, 2.75) is 13.5 Å². The van der Waals surface area contributed by atoms with E-state index in [1.54, 1.807) is 24.8 Å². The summed E-state index contributed by atoms with van der Waals surface area (Å²) in [6.07, 6.45) is 6.92. The fourth-order valence-corrected chi connectivity index (χ4v) is 2.79. The predicted octanol–water partition coefficient (Wildman–Crippen LogP) is 4.13. The van der Waals surface area contributed by atoms with Crippen molar-refractivity contribution >= 4 is 11.0 Å². The van der Waals surface area contributed by atoms with Crippen LogP contribution in [0.2, 0.25) is 0 Å². The molecule has 4 rings (SSSR count). The van der Waals surface area contributed by atoms with Crippen LogP contribution in [0.5, 0.6) is 0 Å². The van der Waals surface area contributed by atoms with Gasteiger partial charge in [0, 0.05) is 24.2 Å². The molecule has 4 nitrogen and oxygen atoms in total. The van der Waals surface area contributed by atoms with Crippen LogP contribution in [0.3, 0.4) is 0 Å². The van der Waals surface area contributed by atoms with Crippen LogP contribution in [0.4, 0.5) is 8.78 Å². The molecule has 0 radical (unpaired) electrons. The minimum absolute atomic E-state index is 0.557. The van der Waals surface area contributed by atoms with Crippen LogP contribution >= 0.6 is 0 Å². The molecule has 0 amide bonds. The molecule has 4 aromatic rings. The average molecular weight is 336 g/mol. The van der Waals surface area contributed by atoms with Gasteiger partial charge < -0.3 is 0 Å². The van der Waals surface area contributed by atoms with Crippen LogP contribution in [0.1, 0.15) is 11.1 Å².